The molecule has 212 valence electrons. The smallest absolute Gasteiger partial charge is 0.415 e. The molecule has 10 nitrogen and oxygen atoms in total. The van der Waals surface area contributed by atoms with Crippen molar-refractivity contribution in [2.24, 2.45) is 0 Å². The molecule has 0 radical (unpaired) electrons. The summed E-state index contributed by atoms with van der Waals surface area (Å²) >= 11 is 1.23. The van der Waals surface area contributed by atoms with Crippen LogP contribution in [-0.2, 0) is 9.47 Å². The number of halogens is 1. The van der Waals surface area contributed by atoms with E-state index in [2.05, 4.69) is 15.3 Å². The molecule has 2 aromatic heterocycles. The lowest BCUT2D eigenvalue weighted by Crippen LogP contribution is -2.42. The Bertz CT molecular complexity index is 1470. The molecule has 0 spiro atoms. The maximum atomic E-state index is 15.7. The number of nitrogen functional groups attached to an aromatic ring is 1. The van der Waals surface area contributed by atoms with Gasteiger partial charge in [-0.1, -0.05) is 11.8 Å². The molecule has 4 heterocycles. The number of fused-ring (bicyclic) bond motifs is 2. The summed E-state index contributed by atoms with van der Waals surface area (Å²) in [4.78, 5) is 35.7. The lowest BCUT2D eigenvalue weighted by atomic mass is 9.96. The Morgan fingerprint density at radius 1 is 1.15 bits per heavy atom. The number of benzene rings is 1. The summed E-state index contributed by atoms with van der Waals surface area (Å²) in [5, 5.41) is 3.79. The molecule has 12 heteroatoms. The van der Waals surface area contributed by atoms with E-state index in [0.29, 0.717) is 46.6 Å². The summed E-state index contributed by atoms with van der Waals surface area (Å²) in [5.74, 6) is -0.0332. The summed E-state index contributed by atoms with van der Waals surface area (Å²) in [6, 6.07) is 3.30. The number of aromatic nitrogens is 2. The number of amides is 2. The monoisotopic (exact) mass is 569 g/mol. The van der Waals surface area contributed by atoms with Gasteiger partial charge in [0.15, 0.2) is 5.82 Å². The molecule has 40 heavy (non-hydrogen) atoms. The van der Waals surface area contributed by atoms with E-state index >= 15 is 4.39 Å². The fourth-order valence-corrected chi connectivity index (χ4v) is 5.64. The van der Waals surface area contributed by atoms with E-state index in [9.17, 15) is 9.59 Å². The molecule has 0 atom stereocenters. The predicted octanol–water partition coefficient (Wildman–Crippen LogP) is 5.90. The zero-order chi connectivity index (χ0) is 28.6. The quantitative estimate of drug-likeness (QED) is 0.370. The SMILES string of the molecule is Cc1c(-c2cc3cc(NC(=O)SC4CCOCC4)ncc3c(N)c2F)cnc2c1N(C(=O)OC(C)(C)C)CCO2. The van der Waals surface area contributed by atoms with E-state index in [4.69, 9.17) is 19.9 Å². The third-order valence-corrected chi connectivity index (χ3v) is 7.79. The van der Waals surface area contributed by atoms with Crippen LogP contribution in [0.5, 0.6) is 5.88 Å². The molecule has 0 unspecified atom stereocenters. The normalized spacial score (nSPS) is 15.9. The van der Waals surface area contributed by atoms with Crippen LogP contribution in [0.3, 0.4) is 0 Å². The highest BCUT2D eigenvalue weighted by molar-refractivity contribution is 8.14. The third kappa shape index (κ3) is 5.78. The topological polar surface area (TPSA) is 129 Å². The molecule has 3 N–H and O–H groups in total. The summed E-state index contributed by atoms with van der Waals surface area (Å²) in [6.07, 6.45) is 4.04. The van der Waals surface area contributed by atoms with Gasteiger partial charge in [-0.2, -0.15) is 0 Å². The molecule has 2 aliphatic rings. The van der Waals surface area contributed by atoms with E-state index < -0.39 is 17.5 Å². The van der Waals surface area contributed by atoms with Gasteiger partial charge in [0.1, 0.15) is 23.7 Å². The highest BCUT2D eigenvalue weighted by atomic mass is 32.2. The van der Waals surface area contributed by atoms with Gasteiger partial charge in [-0.15, -0.1) is 0 Å². The molecule has 2 aliphatic heterocycles. The van der Waals surface area contributed by atoms with Crippen molar-refractivity contribution in [3.8, 4) is 17.0 Å². The minimum absolute atomic E-state index is 0.0770. The standard InChI is InChI=1S/C28H32FN5O5S/c1-15-19(13-32-25-24(15)34(7-10-38-25)27(36)39-28(2,3)4)18-11-16-12-21(31-14-20(16)23(30)22(18)29)33-26(35)40-17-5-8-37-9-6-17/h11-14,17H,5-10,30H2,1-4H3,(H,31,33,35). The Morgan fingerprint density at radius 2 is 1.90 bits per heavy atom. The lowest BCUT2D eigenvalue weighted by Gasteiger charge is -2.32. The number of carbonyl (C=O) groups excluding carboxylic acids is 2. The molecule has 1 aromatic carbocycles. The van der Waals surface area contributed by atoms with Crippen molar-refractivity contribution in [1.29, 1.82) is 0 Å². The fourth-order valence-electron chi connectivity index (χ4n) is 4.75. The maximum Gasteiger partial charge on any atom is 0.415 e. The predicted molar refractivity (Wildman–Crippen MR) is 154 cm³/mol. The first kappa shape index (κ1) is 27.9. The van der Waals surface area contributed by atoms with Crippen LogP contribution in [-0.4, -0.2) is 58.5 Å². The highest BCUT2D eigenvalue weighted by Gasteiger charge is 2.32. The van der Waals surface area contributed by atoms with E-state index in [0.717, 1.165) is 12.8 Å². The zero-order valence-electron chi connectivity index (χ0n) is 22.9. The number of anilines is 3. The van der Waals surface area contributed by atoms with Crippen molar-refractivity contribution in [2.75, 3.05) is 42.3 Å². The maximum absolute atomic E-state index is 15.7. The second-order valence-corrected chi connectivity index (χ2v) is 12.0. The largest absolute Gasteiger partial charge is 0.474 e. The minimum Gasteiger partial charge on any atom is -0.474 e. The molecule has 5 rings (SSSR count). The van der Waals surface area contributed by atoms with Gasteiger partial charge in [-0.3, -0.25) is 9.69 Å². The van der Waals surface area contributed by atoms with Crippen molar-refractivity contribution in [2.45, 2.75) is 51.4 Å². The lowest BCUT2D eigenvalue weighted by molar-refractivity contribution is 0.0566. The Hall–Kier alpha value is -3.64. The fraction of sp³-hybridized carbons (Fsp3) is 0.429. The number of pyridine rings is 2. The van der Waals surface area contributed by atoms with Crippen LogP contribution in [0.2, 0.25) is 0 Å². The summed E-state index contributed by atoms with van der Waals surface area (Å²) in [6.45, 7) is 8.94. The van der Waals surface area contributed by atoms with Crippen LogP contribution < -0.4 is 20.7 Å². The Balaban J connectivity index is 1.49. The van der Waals surface area contributed by atoms with E-state index in [-0.39, 0.29) is 40.8 Å². The van der Waals surface area contributed by atoms with E-state index in [1.165, 1.54) is 29.1 Å². The van der Waals surface area contributed by atoms with Crippen LogP contribution in [0.15, 0.2) is 24.5 Å². The second kappa shape index (κ2) is 11.1. The van der Waals surface area contributed by atoms with Gasteiger partial charge in [0.05, 0.1) is 12.2 Å². The first-order valence-electron chi connectivity index (χ1n) is 13.1. The van der Waals surface area contributed by atoms with Crippen LogP contribution >= 0.6 is 11.8 Å². The Morgan fingerprint density at radius 3 is 2.62 bits per heavy atom. The second-order valence-electron chi connectivity index (χ2n) is 10.7. The van der Waals surface area contributed by atoms with Gasteiger partial charge in [0, 0.05) is 47.4 Å². The molecule has 3 aromatic rings. The number of thioether (sulfide) groups is 1. The van der Waals surface area contributed by atoms with Gasteiger partial charge < -0.3 is 25.3 Å². The molecule has 0 aliphatic carbocycles. The summed E-state index contributed by atoms with van der Waals surface area (Å²) < 4.78 is 32.3. The molecule has 1 saturated heterocycles. The first-order valence-corrected chi connectivity index (χ1v) is 14.0. The molecule has 1 fully saturated rings. The number of hydrogen-bond donors (Lipinski definition) is 2. The average Bonchev–Trinajstić information content (AvgIpc) is 2.90. The van der Waals surface area contributed by atoms with Gasteiger partial charge in [-0.25, -0.2) is 19.2 Å². The Kier molecular flexibility index (Phi) is 7.74. The number of carbonyl (C=O) groups is 2. The molecule has 2 amide bonds. The molecule has 0 bridgehead atoms. The van der Waals surface area contributed by atoms with Crippen LogP contribution in [0.1, 0.15) is 39.2 Å². The number of nitrogens with zero attached hydrogens (tertiary/aromatic N) is 3. The van der Waals surface area contributed by atoms with Crippen molar-refractivity contribution in [1.82, 2.24) is 9.97 Å². The third-order valence-electron chi connectivity index (χ3n) is 6.67. The molecule has 0 saturated carbocycles. The first-order chi connectivity index (χ1) is 19.0. The van der Waals surface area contributed by atoms with Gasteiger partial charge in [0.2, 0.25) is 5.88 Å². The van der Waals surface area contributed by atoms with Crippen molar-refractivity contribution in [3.05, 3.63) is 35.9 Å². The summed E-state index contributed by atoms with van der Waals surface area (Å²) in [5.41, 5.74) is 7.10. The van der Waals surface area contributed by atoms with Gasteiger partial charge >= 0.3 is 6.09 Å². The number of rotatable bonds is 3. The number of nitrogens with two attached hydrogens (primary N) is 1. The van der Waals surface area contributed by atoms with Gasteiger partial charge in [-0.05, 0) is 63.6 Å². The van der Waals surface area contributed by atoms with Crippen molar-refractivity contribution >= 4 is 51.1 Å². The number of hydrogen-bond acceptors (Lipinski definition) is 9. The summed E-state index contributed by atoms with van der Waals surface area (Å²) in [7, 11) is 0. The van der Waals surface area contributed by atoms with Crippen molar-refractivity contribution in [3.63, 3.8) is 0 Å². The number of ether oxygens (including phenoxy) is 3. The zero-order valence-corrected chi connectivity index (χ0v) is 23.7. The number of nitrogens with one attached hydrogen (secondary N) is 1. The van der Waals surface area contributed by atoms with E-state index in [1.807, 2.05) is 0 Å². The minimum atomic E-state index is -0.697. The van der Waals surface area contributed by atoms with Crippen LogP contribution in [0.25, 0.3) is 21.9 Å². The Labute approximate surface area is 235 Å². The molecular formula is C28H32FN5O5S. The van der Waals surface area contributed by atoms with Gasteiger partial charge in [0.25, 0.3) is 5.24 Å². The highest BCUT2D eigenvalue weighted by Crippen LogP contribution is 2.42. The van der Waals surface area contributed by atoms with E-state index in [1.54, 1.807) is 39.8 Å². The van der Waals surface area contributed by atoms with Crippen molar-refractivity contribution < 1.29 is 28.2 Å². The van der Waals surface area contributed by atoms with Crippen LogP contribution in [0, 0.1) is 12.7 Å². The average molecular weight is 570 g/mol. The van der Waals surface area contributed by atoms with Crippen LogP contribution in [0.4, 0.5) is 31.2 Å². The molecular weight excluding hydrogens is 537 g/mol.